The number of hydrogen-bond donors (Lipinski definition) is 2. The summed E-state index contributed by atoms with van der Waals surface area (Å²) in [6.45, 7) is 12.5. The molecule has 270 valence electrons. The second-order valence-electron chi connectivity index (χ2n) is 17.3. The van der Waals surface area contributed by atoms with Crippen LogP contribution in [0.15, 0.2) is 64.4 Å². The number of fused-ring (bicyclic) bond motifs is 5. The van der Waals surface area contributed by atoms with Crippen LogP contribution in [0.5, 0.6) is 0 Å². The third-order valence-corrected chi connectivity index (χ3v) is 16.0. The Morgan fingerprint density at radius 2 is 1.29 bits per heavy atom. The average Bonchev–Trinajstić information content (AvgIpc) is 3.40. The van der Waals surface area contributed by atoms with Gasteiger partial charge in [0.1, 0.15) is 0 Å². The minimum atomic E-state index is -4.33. The predicted molar refractivity (Wildman–Crippen MR) is 196 cm³/mol. The summed E-state index contributed by atoms with van der Waals surface area (Å²) >= 11 is 0. The van der Waals surface area contributed by atoms with Crippen molar-refractivity contribution in [3.05, 3.63) is 65.7 Å². The van der Waals surface area contributed by atoms with Crippen LogP contribution in [0.3, 0.4) is 0 Å². The van der Waals surface area contributed by atoms with Gasteiger partial charge in [0.25, 0.3) is 20.2 Å². The molecule has 4 aliphatic carbocycles. The fourth-order valence-electron chi connectivity index (χ4n) is 11.7. The summed E-state index contributed by atoms with van der Waals surface area (Å²) in [6.07, 6.45) is 18.0. The lowest BCUT2D eigenvalue weighted by molar-refractivity contribution is -0.118. The van der Waals surface area contributed by atoms with Crippen LogP contribution in [0.2, 0.25) is 0 Å². The molecule has 0 aromatic heterocycles. The highest BCUT2D eigenvalue weighted by Crippen LogP contribution is 2.68. The van der Waals surface area contributed by atoms with Crippen LogP contribution in [-0.2, 0) is 20.2 Å². The molecule has 4 fully saturated rings. The molecule has 49 heavy (non-hydrogen) atoms. The molecule has 4 aliphatic rings. The van der Waals surface area contributed by atoms with Crippen LogP contribution >= 0.6 is 0 Å². The Morgan fingerprint density at radius 3 is 1.84 bits per heavy atom. The number of hydrogen-bond acceptors (Lipinski definition) is 4. The minimum Gasteiger partial charge on any atom is -0.282 e. The Kier molecular flexibility index (Phi) is 10.4. The average molecular weight is 711 g/mol. The van der Waals surface area contributed by atoms with Gasteiger partial charge < -0.3 is 0 Å². The van der Waals surface area contributed by atoms with Crippen LogP contribution in [0, 0.1) is 58.2 Å². The molecule has 9 atom stereocenters. The normalized spacial score (nSPS) is 33.7. The van der Waals surface area contributed by atoms with Crippen LogP contribution in [0.4, 0.5) is 0 Å². The number of rotatable bonds is 10. The van der Waals surface area contributed by atoms with Gasteiger partial charge in [0, 0.05) is 0 Å². The van der Waals surface area contributed by atoms with Crippen LogP contribution in [0.25, 0.3) is 5.57 Å². The van der Waals surface area contributed by atoms with Crippen molar-refractivity contribution >= 4 is 25.8 Å². The van der Waals surface area contributed by atoms with Gasteiger partial charge in [-0.2, -0.15) is 16.8 Å². The molecule has 4 saturated carbocycles. The summed E-state index contributed by atoms with van der Waals surface area (Å²) < 4.78 is 66.1. The summed E-state index contributed by atoms with van der Waals surface area (Å²) in [5.41, 5.74) is 3.34. The van der Waals surface area contributed by atoms with Crippen molar-refractivity contribution in [3.8, 4) is 0 Å². The molecule has 0 amide bonds. The van der Waals surface area contributed by atoms with Gasteiger partial charge >= 0.3 is 0 Å². The highest BCUT2D eigenvalue weighted by atomic mass is 32.2. The highest BCUT2D eigenvalue weighted by Gasteiger charge is 2.60. The van der Waals surface area contributed by atoms with Crippen molar-refractivity contribution in [1.82, 2.24) is 0 Å². The largest absolute Gasteiger partial charge is 0.294 e. The zero-order valence-corrected chi connectivity index (χ0v) is 31.8. The summed E-state index contributed by atoms with van der Waals surface area (Å²) in [4.78, 5) is -0.333. The van der Waals surface area contributed by atoms with Crippen molar-refractivity contribution in [2.24, 2.45) is 58.2 Å². The summed E-state index contributed by atoms with van der Waals surface area (Å²) in [7, 11) is -8.65. The molecule has 2 aromatic rings. The monoisotopic (exact) mass is 710 g/mol. The molecule has 0 bridgehead atoms. The van der Waals surface area contributed by atoms with Gasteiger partial charge in [0.05, 0.1) is 9.79 Å². The summed E-state index contributed by atoms with van der Waals surface area (Å²) in [5, 5.41) is 0. The van der Waals surface area contributed by atoms with E-state index in [0.29, 0.717) is 22.7 Å². The highest BCUT2D eigenvalue weighted by molar-refractivity contribution is 7.86. The summed E-state index contributed by atoms with van der Waals surface area (Å²) in [5.74, 6) is 5.98. The van der Waals surface area contributed by atoms with Crippen molar-refractivity contribution in [3.63, 3.8) is 0 Å². The van der Waals surface area contributed by atoms with Crippen molar-refractivity contribution in [1.29, 1.82) is 0 Å². The zero-order valence-electron chi connectivity index (χ0n) is 30.1. The SMILES string of the molecule is CC(C)CCC[C@@H](C)[C@H]1CC[C@H]2[C@@H]3CC[C@H]4C[C@@H](C=C(c5ccc(S(=O)(=O)O)cc5)c5ccc(S(=O)(=O)O)cc5)CC[C@]4(C)[C@H]3CC[C@]12C. The standard InChI is InChI=1S/C41H58O6S2/c1-27(2)7-6-8-28(3)37-19-20-38-35-18-13-32-25-29(21-23-40(32,4)39(35)22-24-41(37,38)5)26-36(30-9-14-33(15-10-30)48(42,43)44)31-11-16-34(17-12-31)49(45,46)47/h9-12,14-17,26-29,32,35,37-39H,6-8,13,18-25H2,1-5H3,(H,42,43,44)(H,45,46,47)/t28-,29+,32+,35+,37-,38+,39+,40+,41-/m1/s1. The van der Waals surface area contributed by atoms with E-state index < -0.39 is 20.2 Å². The third-order valence-electron chi connectivity index (χ3n) is 14.2. The molecule has 6 nitrogen and oxygen atoms in total. The van der Waals surface area contributed by atoms with Gasteiger partial charge in [-0.05, 0) is 157 Å². The number of benzene rings is 2. The Morgan fingerprint density at radius 1 is 0.735 bits per heavy atom. The maximum Gasteiger partial charge on any atom is 0.294 e. The van der Waals surface area contributed by atoms with Gasteiger partial charge in [-0.1, -0.05) is 84.2 Å². The molecule has 0 unspecified atom stereocenters. The molecule has 0 aliphatic heterocycles. The smallest absolute Gasteiger partial charge is 0.282 e. The molecule has 8 heteroatoms. The van der Waals surface area contributed by atoms with E-state index in [1.165, 1.54) is 88.5 Å². The third kappa shape index (κ3) is 7.36. The van der Waals surface area contributed by atoms with Crippen molar-refractivity contribution in [2.75, 3.05) is 0 Å². The first-order valence-corrected chi connectivity index (χ1v) is 21.8. The van der Waals surface area contributed by atoms with Crippen LogP contribution < -0.4 is 0 Å². The lowest BCUT2D eigenvalue weighted by Crippen LogP contribution is -2.53. The first-order valence-electron chi connectivity index (χ1n) is 18.9. The zero-order chi connectivity index (χ0) is 35.4. The quantitative estimate of drug-likeness (QED) is 0.238. The second kappa shape index (κ2) is 13.9. The topological polar surface area (TPSA) is 109 Å². The molecular formula is C41H58O6S2. The van der Waals surface area contributed by atoms with Crippen molar-refractivity contribution in [2.45, 2.75) is 121 Å². The fraction of sp³-hybridized carbons (Fsp3) is 0.659. The van der Waals surface area contributed by atoms with Gasteiger partial charge in [-0.25, -0.2) is 0 Å². The Bertz CT molecular complexity index is 1650. The molecule has 0 saturated heterocycles. The summed E-state index contributed by atoms with van der Waals surface area (Å²) in [6, 6.07) is 12.4. The molecule has 6 rings (SSSR count). The maximum absolute atomic E-state index is 11.7. The van der Waals surface area contributed by atoms with E-state index >= 15 is 0 Å². The lowest BCUT2D eigenvalue weighted by atomic mass is 9.44. The van der Waals surface area contributed by atoms with E-state index in [1.807, 2.05) is 0 Å². The van der Waals surface area contributed by atoms with E-state index in [0.717, 1.165) is 65.0 Å². The van der Waals surface area contributed by atoms with Crippen LogP contribution in [-0.4, -0.2) is 25.9 Å². The minimum absolute atomic E-state index is 0.166. The van der Waals surface area contributed by atoms with Gasteiger partial charge in [0.15, 0.2) is 0 Å². The molecule has 0 spiro atoms. The van der Waals surface area contributed by atoms with E-state index in [2.05, 4.69) is 40.7 Å². The maximum atomic E-state index is 11.7. The molecule has 0 heterocycles. The molecular weight excluding hydrogens is 653 g/mol. The number of allylic oxidation sites excluding steroid dienone is 1. The fourth-order valence-corrected chi connectivity index (χ4v) is 12.6. The second-order valence-corrected chi connectivity index (χ2v) is 20.1. The first kappa shape index (κ1) is 36.8. The predicted octanol–water partition coefficient (Wildman–Crippen LogP) is 10.3. The van der Waals surface area contributed by atoms with Crippen molar-refractivity contribution < 1.29 is 25.9 Å². The Hall–Kier alpha value is -2.00. The molecule has 2 N–H and O–H groups in total. The van der Waals surface area contributed by atoms with Gasteiger partial charge in [-0.3, -0.25) is 9.11 Å². The Labute approximate surface area is 296 Å². The first-order chi connectivity index (χ1) is 23.0. The molecule has 0 radical (unpaired) electrons. The van der Waals surface area contributed by atoms with E-state index in [9.17, 15) is 25.9 Å². The van der Waals surface area contributed by atoms with E-state index in [4.69, 9.17) is 0 Å². The van der Waals surface area contributed by atoms with Gasteiger partial charge in [0.2, 0.25) is 0 Å². The lowest BCUT2D eigenvalue weighted by Gasteiger charge is -2.61. The van der Waals surface area contributed by atoms with E-state index in [-0.39, 0.29) is 9.79 Å². The van der Waals surface area contributed by atoms with E-state index in [1.54, 1.807) is 24.3 Å². The molecule has 2 aromatic carbocycles. The Balaban J connectivity index is 1.21. The van der Waals surface area contributed by atoms with Crippen LogP contribution in [0.1, 0.15) is 123 Å². The van der Waals surface area contributed by atoms with Gasteiger partial charge in [-0.15, -0.1) is 0 Å².